The summed E-state index contributed by atoms with van der Waals surface area (Å²) in [5.41, 5.74) is 8.49. The number of benzene rings is 1. The largest absolute Gasteiger partial charge is 0.366 e. The highest BCUT2D eigenvalue weighted by Crippen LogP contribution is 2.25. The lowest BCUT2D eigenvalue weighted by Gasteiger charge is -2.16. The zero-order valence-electron chi connectivity index (χ0n) is 10.4. The second-order valence-corrected chi connectivity index (χ2v) is 4.50. The van der Waals surface area contributed by atoms with Crippen molar-refractivity contribution in [3.8, 4) is 0 Å². The molecule has 0 atom stereocenters. The third-order valence-electron chi connectivity index (χ3n) is 2.84. The number of aryl methyl sites for hydroxylation is 1. The standard InChI is InChI=1S/C14H21NO/c1-4-5-7-11-8-6-9-12(14(15)16)13(11)10(2)3/h6,8-10H,4-5,7H2,1-3H3,(H2,15,16). The molecule has 0 saturated carbocycles. The number of carbonyl (C=O) groups is 1. The molecule has 0 heterocycles. The van der Waals surface area contributed by atoms with Gasteiger partial charge in [0.15, 0.2) is 0 Å². The van der Waals surface area contributed by atoms with E-state index in [9.17, 15) is 4.79 Å². The zero-order chi connectivity index (χ0) is 12.1. The van der Waals surface area contributed by atoms with Crippen LogP contribution in [0.25, 0.3) is 0 Å². The summed E-state index contributed by atoms with van der Waals surface area (Å²) < 4.78 is 0. The van der Waals surface area contributed by atoms with Crippen molar-refractivity contribution in [1.29, 1.82) is 0 Å². The molecule has 1 aromatic rings. The number of primary amides is 1. The molecule has 0 aliphatic carbocycles. The van der Waals surface area contributed by atoms with Gasteiger partial charge in [0, 0.05) is 5.56 Å². The van der Waals surface area contributed by atoms with Gasteiger partial charge < -0.3 is 5.73 Å². The minimum absolute atomic E-state index is 0.318. The first-order chi connectivity index (χ1) is 7.57. The topological polar surface area (TPSA) is 43.1 Å². The highest BCUT2D eigenvalue weighted by molar-refractivity contribution is 5.94. The number of hydrogen-bond acceptors (Lipinski definition) is 1. The lowest BCUT2D eigenvalue weighted by atomic mass is 9.89. The van der Waals surface area contributed by atoms with Gasteiger partial charge in [-0.2, -0.15) is 0 Å². The van der Waals surface area contributed by atoms with Gasteiger partial charge in [-0.15, -0.1) is 0 Å². The summed E-state index contributed by atoms with van der Waals surface area (Å²) in [6.07, 6.45) is 3.35. The van der Waals surface area contributed by atoms with Crippen LogP contribution in [-0.4, -0.2) is 5.91 Å². The van der Waals surface area contributed by atoms with E-state index in [1.807, 2.05) is 12.1 Å². The van der Waals surface area contributed by atoms with Crippen LogP contribution in [0, 0.1) is 0 Å². The molecule has 1 aromatic carbocycles. The molecule has 2 heteroatoms. The van der Waals surface area contributed by atoms with Crippen LogP contribution in [0.15, 0.2) is 18.2 Å². The van der Waals surface area contributed by atoms with Crippen molar-refractivity contribution >= 4 is 5.91 Å². The third-order valence-corrected chi connectivity index (χ3v) is 2.84. The molecule has 0 aliphatic rings. The van der Waals surface area contributed by atoms with Crippen molar-refractivity contribution in [2.45, 2.75) is 46.0 Å². The lowest BCUT2D eigenvalue weighted by Crippen LogP contribution is -2.15. The predicted octanol–water partition coefficient (Wildman–Crippen LogP) is 3.25. The first kappa shape index (κ1) is 12.8. The van der Waals surface area contributed by atoms with E-state index < -0.39 is 0 Å². The van der Waals surface area contributed by atoms with E-state index in [0.717, 1.165) is 18.4 Å². The van der Waals surface area contributed by atoms with Crippen molar-refractivity contribution in [2.24, 2.45) is 5.73 Å². The highest BCUT2D eigenvalue weighted by atomic mass is 16.1. The molecule has 0 unspecified atom stereocenters. The van der Waals surface area contributed by atoms with Crippen LogP contribution in [0.1, 0.15) is 61.0 Å². The van der Waals surface area contributed by atoms with Crippen LogP contribution in [0.3, 0.4) is 0 Å². The fourth-order valence-electron chi connectivity index (χ4n) is 2.09. The fraction of sp³-hybridized carbons (Fsp3) is 0.500. The average Bonchev–Trinajstić information content (AvgIpc) is 2.25. The van der Waals surface area contributed by atoms with Gasteiger partial charge in [0.2, 0.25) is 5.91 Å². The van der Waals surface area contributed by atoms with Gasteiger partial charge in [-0.05, 0) is 36.0 Å². The molecule has 0 aliphatic heterocycles. The van der Waals surface area contributed by atoms with E-state index in [1.165, 1.54) is 12.0 Å². The normalized spacial score (nSPS) is 10.8. The van der Waals surface area contributed by atoms with Crippen molar-refractivity contribution in [3.63, 3.8) is 0 Å². The summed E-state index contributed by atoms with van der Waals surface area (Å²) in [7, 11) is 0. The Morgan fingerprint density at radius 3 is 2.56 bits per heavy atom. The molecule has 2 nitrogen and oxygen atoms in total. The number of rotatable bonds is 5. The Morgan fingerprint density at radius 2 is 2.06 bits per heavy atom. The van der Waals surface area contributed by atoms with Crippen molar-refractivity contribution in [2.75, 3.05) is 0 Å². The van der Waals surface area contributed by atoms with Crippen molar-refractivity contribution in [3.05, 3.63) is 34.9 Å². The van der Waals surface area contributed by atoms with Crippen LogP contribution in [0.5, 0.6) is 0 Å². The number of unbranched alkanes of at least 4 members (excludes halogenated alkanes) is 1. The van der Waals surface area contributed by atoms with E-state index >= 15 is 0 Å². The summed E-state index contributed by atoms with van der Waals surface area (Å²) in [5.74, 6) is 0.0256. The maximum atomic E-state index is 11.4. The number of nitrogens with two attached hydrogens (primary N) is 1. The number of carbonyl (C=O) groups excluding carboxylic acids is 1. The Morgan fingerprint density at radius 1 is 1.38 bits per heavy atom. The van der Waals surface area contributed by atoms with E-state index in [4.69, 9.17) is 5.73 Å². The molecule has 1 amide bonds. The van der Waals surface area contributed by atoms with Gasteiger partial charge in [0.1, 0.15) is 0 Å². The minimum Gasteiger partial charge on any atom is -0.366 e. The molecular formula is C14H21NO. The Labute approximate surface area is 97.9 Å². The van der Waals surface area contributed by atoms with Crippen LogP contribution < -0.4 is 5.73 Å². The molecule has 16 heavy (non-hydrogen) atoms. The van der Waals surface area contributed by atoms with Crippen LogP contribution in [0.4, 0.5) is 0 Å². The quantitative estimate of drug-likeness (QED) is 0.811. The Bertz CT molecular complexity index is 369. The van der Waals surface area contributed by atoms with Crippen molar-refractivity contribution < 1.29 is 4.79 Å². The summed E-state index contributed by atoms with van der Waals surface area (Å²) in [5, 5.41) is 0. The van der Waals surface area contributed by atoms with Crippen LogP contribution in [0.2, 0.25) is 0 Å². The van der Waals surface area contributed by atoms with E-state index in [1.54, 1.807) is 0 Å². The maximum absolute atomic E-state index is 11.4. The highest BCUT2D eigenvalue weighted by Gasteiger charge is 2.14. The molecule has 0 aromatic heterocycles. The molecule has 0 fully saturated rings. The number of hydrogen-bond donors (Lipinski definition) is 1. The SMILES string of the molecule is CCCCc1cccc(C(N)=O)c1C(C)C. The number of amides is 1. The minimum atomic E-state index is -0.318. The van der Waals surface area contributed by atoms with Crippen LogP contribution >= 0.6 is 0 Å². The van der Waals surface area contributed by atoms with E-state index in [-0.39, 0.29) is 5.91 Å². The smallest absolute Gasteiger partial charge is 0.248 e. The molecule has 2 N–H and O–H groups in total. The second kappa shape index (κ2) is 5.69. The van der Waals surface area contributed by atoms with Gasteiger partial charge >= 0.3 is 0 Å². The molecule has 88 valence electrons. The second-order valence-electron chi connectivity index (χ2n) is 4.50. The molecular weight excluding hydrogens is 198 g/mol. The summed E-state index contributed by atoms with van der Waals surface area (Å²) in [4.78, 5) is 11.4. The Kier molecular flexibility index (Phi) is 4.53. The van der Waals surface area contributed by atoms with E-state index in [0.29, 0.717) is 11.5 Å². The predicted molar refractivity (Wildman–Crippen MR) is 67.7 cm³/mol. The Hall–Kier alpha value is -1.31. The Balaban J connectivity index is 3.16. The third kappa shape index (κ3) is 2.84. The van der Waals surface area contributed by atoms with E-state index in [2.05, 4.69) is 26.8 Å². The summed E-state index contributed by atoms with van der Waals surface area (Å²) in [6.45, 7) is 6.39. The molecule has 0 bridgehead atoms. The first-order valence-corrected chi connectivity index (χ1v) is 5.99. The molecule has 0 spiro atoms. The zero-order valence-corrected chi connectivity index (χ0v) is 10.4. The molecule has 1 rings (SSSR count). The average molecular weight is 219 g/mol. The molecule has 0 saturated heterocycles. The first-order valence-electron chi connectivity index (χ1n) is 5.99. The van der Waals surface area contributed by atoms with Gasteiger partial charge in [0.05, 0.1) is 0 Å². The van der Waals surface area contributed by atoms with Gasteiger partial charge in [-0.1, -0.05) is 39.3 Å². The van der Waals surface area contributed by atoms with Crippen molar-refractivity contribution in [1.82, 2.24) is 0 Å². The van der Waals surface area contributed by atoms with Gasteiger partial charge in [-0.3, -0.25) is 4.79 Å². The van der Waals surface area contributed by atoms with Crippen LogP contribution in [-0.2, 0) is 6.42 Å². The maximum Gasteiger partial charge on any atom is 0.248 e. The lowest BCUT2D eigenvalue weighted by molar-refractivity contribution is 0.0999. The summed E-state index contributed by atoms with van der Waals surface area (Å²) >= 11 is 0. The fourth-order valence-corrected chi connectivity index (χ4v) is 2.09. The summed E-state index contributed by atoms with van der Waals surface area (Å²) in [6, 6.07) is 5.86. The monoisotopic (exact) mass is 219 g/mol. The molecule has 0 radical (unpaired) electrons. The van der Waals surface area contributed by atoms with Gasteiger partial charge in [0.25, 0.3) is 0 Å². The van der Waals surface area contributed by atoms with Gasteiger partial charge in [-0.25, -0.2) is 0 Å².